The number of esters is 1. The average molecular weight is 369 g/mol. The van der Waals surface area contributed by atoms with E-state index in [1.807, 2.05) is 58.0 Å². The molecular formula is C22H27NO4. The van der Waals surface area contributed by atoms with Crippen molar-refractivity contribution in [3.63, 3.8) is 0 Å². The molecule has 0 aliphatic carbocycles. The lowest BCUT2D eigenvalue weighted by Gasteiger charge is -2.30. The number of rotatable bonds is 8. The third-order valence-electron chi connectivity index (χ3n) is 4.07. The van der Waals surface area contributed by atoms with Crippen LogP contribution in [-0.2, 0) is 16.1 Å². The van der Waals surface area contributed by atoms with E-state index < -0.39 is 5.97 Å². The second kappa shape index (κ2) is 9.76. The lowest BCUT2D eigenvalue weighted by atomic mass is 10.2. The van der Waals surface area contributed by atoms with Crippen LogP contribution in [-0.4, -0.2) is 35.5 Å². The van der Waals surface area contributed by atoms with Crippen LogP contribution in [0.15, 0.2) is 54.6 Å². The summed E-state index contributed by atoms with van der Waals surface area (Å²) in [5.74, 6) is 0.0778. The van der Waals surface area contributed by atoms with Crippen LogP contribution in [0, 0.1) is 0 Å². The van der Waals surface area contributed by atoms with Gasteiger partial charge in [-0.25, -0.2) is 4.79 Å². The largest absolute Gasteiger partial charge is 0.484 e. The molecule has 0 aliphatic heterocycles. The van der Waals surface area contributed by atoms with Crippen LogP contribution >= 0.6 is 0 Å². The molecule has 0 saturated heterocycles. The number of hydrogen-bond donors (Lipinski definition) is 0. The van der Waals surface area contributed by atoms with Crippen LogP contribution in [0.1, 0.15) is 43.6 Å². The summed E-state index contributed by atoms with van der Waals surface area (Å²) < 4.78 is 10.9. The molecule has 0 N–H and O–H groups in total. The highest BCUT2D eigenvalue weighted by molar-refractivity contribution is 5.89. The van der Waals surface area contributed by atoms with Crippen LogP contribution in [0.5, 0.6) is 5.75 Å². The van der Waals surface area contributed by atoms with Gasteiger partial charge in [-0.05, 0) is 57.5 Å². The molecule has 0 aromatic heterocycles. The Morgan fingerprint density at radius 1 is 0.889 bits per heavy atom. The minimum atomic E-state index is -0.396. The van der Waals surface area contributed by atoms with E-state index in [0.717, 1.165) is 5.56 Å². The Labute approximate surface area is 160 Å². The molecule has 0 unspecified atom stereocenters. The third-order valence-corrected chi connectivity index (χ3v) is 4.07. The molecule has 5 nitrogen and oxygen atoms in total. The number of nitrogens with zero attached hydrogens (tertiary/aromatic N) is 1. The predicted octanol–water partition coefficient (Wildman–Crippen LogP) is 4.07. The van der Waals surface area contributed by atoms with Crippen LogP contribution in [0.4, 0.5) is 0 Å². The first kappa shape index (κ1) is 20.5. The van der Waals surface area contributed by atoms with E-state index >= 15 is 0 Å². The van der Waals surface area contributed by atoms with Gasteiger partial charge >= 0.3 is 5.97 Å². The van der Waals surface area contributed by atoms with E-state index in [4.69, 9.17) is 9.47 Å². The highest BCUT2D eigenvalue weighted by Crippen LogP contribution is 2.15. The molecule has 5 heteroatoms. The number of amides is 1. The molecule has 0 saturated carbocycles. The molecule has 0 aliphatic rings. The first-order valence-corrected chi connectivity index (χ1v) is 9.13. The number of benzene rings is 2. The van der Waals surface area contributed by atoms with E-state index in [1.54, 1.807) is 29.2 Å². The second-order valence-corrected chi connectivity index (χ2v) is 6.86. The van der Waals surface area contributed by atoms with Gasteiger partial charge in [0, 0.05) is 12.1 Å². The van der Waals surface area contributed by atoms with E-state index in [2.05, 4.69) is 0 Å². The summed E-state index contributed by atoms with van der Waals surface area (Å²) in [6, 6.07) is 16.3. The molecule has 2 aromatic rings. The smallest absolute Gasteiger partial charge is 0.338 e. The monoisotopic (exact) mass is 369 g/mol. The zero-order valence-corrected chi connectivity index (χ0v) is 16.3. The Bertz CT molecular complexity index is 731. The fourth-order valence-corrected chi connectivity index (χ4v) is 2.89. The van der Waals surface area contributed by atoms with E-state index in [-0.39, 0.29) is 31.2 Å². The van der Waals surface area contributed by atoms with Gasteiger partial charge in [0.2, 0.25) is 0 Å². The molecule has 0 radical (unpaired) electrons. The Balaban J connectivity index is 1.87. The molecule has 144 valence electrons. The minimum absolute atomic E-state index is 0.0336. The maximum atomic E-state index is 12.3. The molecule has 2 rings (SSSR count). The van der Waals surface area contributed by atoms with Gasteiger partial charge < -0.3 is 14.4 Å². The normalized spacial score (nSPS) is 10.7. The summed E-state index contributed by atoms with van der Waals surface area (Å²) in [7, 11) is 0. The number of hydrogen-bond acceptors (Lipinski definition) is 4. The van der Waals surface area contributed by atoms with E-state index in [0.29, 0.717) is 11.3 Å². The van der Waals surface area contributed by atoms with Crippen molar-refractivity contribution in [3.05, 3.63) is 65.7 Å². The number of ether oxygens (including phenoxy) is 2. The van der Waals surface area contributed by atoms with Crippen molar-refractivity contribution >= 4 is 11.9 Å². The van der Waals surface area contributed by atoms with Crippen molar-refractivity contribution < 1.29 is 19.1 Å². The van der Waals surface area contributed by atoms with Gasteiger partial charge in [-0.1, -0.05) is 30.3 Å². The molecule has 1 amide bonds. The highest BCUT2D eigenvalue weighted by Gasteiger charge is 2.20. The first-order valence-electron chi connectivity index (χ1n) is 9.13. The fourth-order valence-electron chi connectivity index (χ4n) is 2.89. The van der Waals surface area contributed by atoms with E-state index in [9.17, 15) is 9.59 Å². The first-order chi connectivity index (χ1) is 12.9. The molecular weight excluding hydrogens is 342 g/mol. The second-order valence-electron chi connectivity index (χ2n) is 6.86. The van der Waals surface area contributed by atoms with Gasteiger partial charge in [0.1, 0.15) is 12.4 Å². The van der Waals surface area contributed by atoms with Gasteiger partial charge in [-0.2, -0.15) is 0 Å². The molecule has 2 aromatic carbocycles. The standard InChI is InChI=1S/C22H27NO4/c1-16(2)23(17(3)4)21(24)15-26-20-12-10-19(11-13-20)22(25)27-14-18-8-6-5-7-9-18/h5-13,16-17H,14-15H2,1-4H3. The van der Waals surface area contributed by atoms with Crippen molar-refractivity contribution in [1.82, 2.24) is 4.90 Å². The number of carbonyl (C=O) groups is 2. The fraction of sp³-hybridized carbons (Fsp3) is 0.364. The summed E-state index contributed by atoms with van der Waals surface area (Å²) in [4.78, 5) is 26.2. The van der Waals surface area contributed by atoms with Crippen LogP contribution in [0.3, 0.4) is 0 Å². The SMILES string of the molecule is CC(C)N(C(=O)COc1ccc(C(=O)OCc2ccccc2)cc1)C(C)C. The van der Waals surface area contributed by atoms with Crippen molar-refractivity contribution in [2.24, 2.45) is 0 Å². The van der Waals surface area contributed by atoms with Gasteiger partial charge in [-0.3, -0.25) is 4.79 Å². The topological polar surface area (TPSA) is 55.8 Å². The summed E-state index contributed by atoms with van der Waals surface area (Å²) in [6.45, 7) is 8.11. The van der Waals surface area contributed by atoms with E-state index in [1.165, 1.54) is 0 Å². The summed E-state index contributed by atoms with van der Waals surface area (Å²) in [5, 5.41) is 0. The Morgan fingerprint density at radius 3 is 2.04 bits per heavy atom. The van der Waals surface area contributed by atoms with Gasteiger partial charge in [0.15, 0.2) is 6.61 Å². The quantitative estimate of drug-likeness (QED) is 0.658. The molecule has 0 atom stereocenters. The molecule has 0 spiro atoms. The van der Waals surface area contributed by atoms with Crippen molar-refractivity contribution in [3.8, 4) is 5.75 Å². The molecule has 0 fully saturated rings. The molecule has 0 heterocycles. The Hall–Kier alpha value is -2.82. The zero-order chi connectivity index (χ0) is 19.8. The van der Waals surface area contributed by atoms with Crippen LogP contribution < -0.4 is 4.74 Å². The zero-order valence-electron chi connectivity index (χ0n) is 16.3. The summed E-state index contributed by atoms with van der Waals surface area (Å²) in [5.41, 5.74) is 1.37. The van der Waals surface area contributed by atoms with Gasteiger partial charge in [0.05, 0.1) is 5.56 Å². The Kier molecular flexibility index (Phi) is 7.41. The lowest BCUT2D eigenvalue weighted by molar-refractivity contribution is -0.136. The number of carbonyl (C=O) groups excluding carboxylic acids is 2. The molecule has 0 bridgehead atoms. The maximum Gasteiger partial charge on any atom is 0.338 e. The van der Waals surface area contributed by atoms with Crippen molar-refractivity contribution in [2.45, 2.75) is 46.4 Å². The van der Waals surface area contributed by atoms with Crippen LogP contribution in [0.2, 0.25) is 0 Å². The van der Waals surface area contributed by atoms with Gasteiger partial charge in [-0.15, -0.1) is 0 Å². The Morgan fingerprint density at radius 2 is 1.48 bits per heavy atom. The highest BCUT2D eigenvalue weighted by atomic mass is 16.5. The average Bonchev–Trinajstić information content (AvgIpc) is 2.65. The molecule has 27 heavy (non-hydrogen) atoms. The lowest BCUT2D eigenvalue weighted by Crippen LogP contribution is -2.44. The summed E-state index contributed by atoms with van der Waals surface area (Å²) in [6.07, 6.45) is 0. The minimum Gasteiger partial charge on any atom is -0.484 e. The summed E-state index contributed by atoms with van der Waals surface area (Å²) >= 11 is 0. The third kappa shape index (κ3) is 6.13. The van der Waals surface area contributed by atoms with Crippen LogP contribution in [0.25, 0.3) is 0 Å². The predicted molar refractivity (Wildman–Crippen MR) is 105 cm³/mol. The van der Waals surface area contributed by atoms with Crippen molar-refractivity contribution in [1.29, 1.82) is 0 Å². The van der Waals surface area contributed by atoms with Crippen molar-refractivity contribution in [2.75, 3.05) is 6.61 Å². The van der Waals surface area contributed by atoms with Gasteiger partial charge in [0.25, 0.3) is 5.91 Å². The maximum absolute atomic E-state index is 12.3.